The van der Waals surface area contributed by atoms with Crippen molar-refractivity contribution in [1.29, 1.82) is 0 Å². The first-order valence-corrected chi connectivity index (χ1v) is 8.09. The second-order valence-electron chi connectivity index (χ2n) is 5.52. The fraction of sp³-hybridized carbons (Fsp3) is 0.294. The van der Waals surface area contributed by atoms with Crippen molar-refractivity contribution in [1.82, 2.24) is 0 Å². The van der Waals surface area contributed by atoms with Crippen LogP contribution in [0.4, 0.5) is 5.69 Å². The molecule has 116 valence electrons. The average molecular weight is 317 g/mol. The molecule has 5 heteroatoms. The van der Waals surface area contributed by atoms with E-state index in [2.05, 4.69) is 23.7 Å². The van der Waals surface area contributed by atoms with Gasteiger partial charge in [-0.15, -0.1) is 11.3 Å². The second-order valence-corrected chi connectivity index (χ2v) is 6.52. The number of Topliss-reactive ketones (excluding diaryl/α,β-unsaturated/α-hetero) is 1. The highest BCUT2D eigenvalue weighted by atomic mass is 32.1. The van der Waals surface area contributed by atoms with Crippen molar-refractivity contribution in [3.8, 4) is 0 Å². The topological polar surface area (TPSA) is 50.6 Å². The van der Waals surface area contributed by atoms with Gasteiger partial charge in [0.25, 0.3) is 5.91 Å². The maximum absolute atomic E-state index is 12.1. The van der Waals surface area contributed by atoms with Crippen molar-refractivity contribution >= 4 is 28.7 Å². The van der Waals surface area contributed by atoms with E-state index in [9.17, 15) is 9.59 Å². The number of aryl methyl sites for hydroxylation is 1. The summed E-state index contributed by atoms with van der Waals surface area (Å²) in [6.45, 7) is 4.88. The van der Waals surface area contributed by atoms with Gasteiger partial charge in [0.1, 0.15) is 6.54 Å². The Balaban J connectivity index is 1.87. The van der Waals surface area contributed by atoms with Gasteiger partial charge >= 0.3 is 0 Å². The molecule has 0 bridgehead atoms. The fourth-order valence-corrected chi connectivity index (χ4v) is 3.21. The Labute approximate surface area is 134 Å². The summed E-state index contributed by atoms with van der Waals surface area (Å²) in [4.78, 5) is 25.7. The van der Waals surface area contributed by atoms with Gasteiger partial charge in [-0.2, -0.15) is 0 Å². The highest BCUT2D eigenvalue weighted by Gasteiger charge is 2.13. The van der Waals surface area contributed by atoms with E-state index in [1.54, 1.807) is 35.6 Å². The van der Waals surface area contributed by atoms with Crippen LogP contribution in [0, 0.1) is 6.92 Å². The molecular weight excluding hydrogens is 296 g/mol. The predicted octanol–water partition coefficient (Wildman–Crippen LogP) is 1.91. The average Bonchev–Trinajstić information content (AvgIpc) is 2.84. The molecule has 22 heavy (non-hydrogen) atoms. The minimum Gasteiger partial charge on any atom is -0.325 e. The summed E-state index contributed by atoms with van der Waals surface area (Å²) in [5.41, 5.74) is 2.65. The predicted molar refractivity (Wildman–Crippen MR) is 89.6 cm³/mol. The second kappa shape index (κ2) is 7.33. The van der Waals surface area contributed by atoms with Crippen molar-refractivity contribution in [2.75, 3.05) is 18.9 Å². The van der Waals surface area contributed by atoms with Gasteiger partial charge in [-0.05, 0) is 55.1 Å². The van der Waals surface area contributed by atoms with E-state index in [-0.39, 0.29) is 11.7 Å². The lowest BCUT2D eigenvalue weighted by molar-refractivity contribution is -0.884. The van der Waals surface area contributed by atoms with Crippen molar-refractivity contribution < 1.29 is 14.5 Å². The normalized spacial score (nSPS) is 12.0. The third-order valence-electron chi connectivity index (χ3n) is 3.47. The molecule has 2 N–H and O–H groups in total. The molecule has 0 aliphatic rings. The standard InChI is InChI=1S/C17H20N2O2S/c1-12-8-9-22-16(12)10-19(3)11-17(21)18-15-6-4-14(5-7-15)13(2)20/h4-9H,10-11H2,1-3H3,(H,18,21)/p+1. The summed E-state index contributed by atoms with van der Waals surface area (Å²) in [5.74, 6) is -0.00402. The molecule has 1 heterocycles. The van der Waals surface area contributed by atoms with Crippen LogP contribution in [-0.2, 0) is 11.3 Å². The van der Waals surface area contributed by atoms with Crippen LogP contribution in [0.3, 0.4) is 0 Å². The Hall–Kier alpha value is -1.98. The number of amides is 1. The van der Waals surface area contributed by atoms with Crippen molar-refractivity contribution in [2.45, 2.75) is 20.4 Å². The molecule has 1 amide bonds. The smallest absolute Gasteiger partial charge is 0.279 e. The Morgan fingerprint density at radius 2 is 1.86 bits per heavy atom. The van der Waals surface area contributed by atoms with E-state index in [4.69, 9.17) is 0 Å². The number of benzene rings is 1. The number of hydrogen-bond donors (Lipinski definition) is 2. The first-order valence-electron chi connectivity index (χ1n) is 7.21. The molecular formula is C17H21N2O2S+. The summed E-state index contributed by atoms with van der Waals surface area (Å²) in [6, 6.07) is 9.07. The van der Waals surface area contributed by atoms with Crippen LogP contribution < -0.4 is 10.2 Å². The lowest BCUT2D eigenvalue weighted by atomic mass is 10.1. The van der Waals surface area contributed by atoms with Gasteiger partial charge in [-0.1, -0.05) is 0 Å². The maximum Gasteiger partial charge on any atom is 0.279 e. The minimum atomic E-state index is -0.0257. The van der Waals surface area contributed by atoms with Crippen LogP contribution >= 0.6 is 11.3 Å². The number of ketones is 1. The molecule has 0 fully saturated rings. The number of thiophene rings is 1. The minimum absolute atomic E-state index is 0.0216. The number of nitrogens with one attached hydrogen (secondary N) is 2. The molecule has 0 radical (unpaired) electrons. The van der Waals surface area contributed by atoms with Crippen LogP contribution in [0.1, 0.15) is 27.7 Å². The third kappa shape index (κ3) is 4.51. The van der Waals surface area contributed by atoms with Gasteiger partial charge in [-0.25, -0.2) is 0 Å². The summed E-state index contributed by atoms with van der Waals surface area (Å²) in [5, 5.41) is 4.94. The van der Waals surface area contributed by atoms with Gasteiger partial charge in [-0.3, -0.25) is 9.59 Å². The van der Waals surface area contributed by atoms with Gasteiger partial charge in [0.05, 0.1) is 11.9 Å². The third-order valence-corrected chi connectivity index (χ3v) is 4.49. The molecule has 1 atom stereocenters. The first kappa shape index (κ1) is 16.4. The zero-order valence-corrected chi connectivity index (χ0v) is 13.9. The van der Waals surface area contributed by atoms with Crippen molar-refractivity contribution in [3.05, 3.63) is 51.7 Å². The van der Waals surface area contributed by atoms with E-state index in [1.165, 1.54) is 17.4 Å². The number of anilines is 1. The Morgan fingerprint density at radius 1 is 1.18 bits per heavy atom. The lowest BCUT2D eigenvalue weighted by Gasteiger charge is -2.13. The quantitative estimate of drug-likeness (QED) is 0.800. The van der Waals surface area contributed by atoms with Crippen molar-refractivity contribution in [3.63, 3.8) is 0 Å². The molecule has 2 aromatic rings. The van der Waals surface area contributed by atoms with E-state index in [0.29, 0.717) is 12.1 Å². The molecule has 1 unspecified atom stereocenters. The van der Waals surface area contributed by atoms with Crippen molar-refractivity contribution in [2.24, 2.45) is 0 Å². The van der Waals surface area contributed by atoms with Gasteiger partial charge < -0.3 is 10.2 Å². The Morgan fingerprint density at radius 3 is 2.41 bits per heavy atom. The molecule has 0 spiro atoms. The van der Waals surface area contributed by atoms with Gasteiger partial charge in [0.15, 0.2) is 12.3 Å². The van der Waals surface area contributed by atoms with Crippen LogP contribution in [0.5, 0.6) is 0 Å². The number of hydrogen-bond acceptors (Lipinski definition) is 3. The summed E-state index contributed by atoms with van der Waals surface area (Å²) < 4.78 is 0. The molecule has 0 aliphatic heterocycles. The fourth-order valence-electron chi connectivity index (χ4n) is 2.19. The molecule has 0 saturated carbocycles. The Kier molecular flexibility index (Phi) is 5.46. The van der Waals surface area contributed by atoms with E-state index >= 15 is 0 Å². The van der Waals surface area contributed by atoms with Crippen LogP contribution in [0.25, 0.3) is 0 Å². The highest BCUT2D eigenvalue weighted by Crippen LogP contribution is 2.13. The number of carbonyl (C=O) groups excluding carboxylic acids is 2. The van der Waals surface area contributed by atoms with Gasteiger partial charge in [0, 0.05) is 11.3 Å². The summed E-state index contributed by atoms with van der Waals surface area (Å²) >= 11 is 1.73. The number of likely N-dealkylation sites (N-methyl/N-ethyl adjacent to an activating group) is 1. The largest absolute Gasteiger partial charge is 0.325 e. The molecule has 1 aromatic heterocycles. The van der Waals surface area contributed by atoms with Crippen LogP contribution in [0.15, 0.2) is 35.7 Å². The van der Waals surface area contributed by atoms with Crippen LogP contribution in [-0.4, -0.2) is 25.3 Å². The first-order chi connectivity index (χ1) is 10.5. The summed E-state index contributed by atoms with van der Waals surface area (Å²) in [7, 11) is 2.01. The van der Waals surface area contributed by atoms with Gasteiger partial charge in [0.2, 0.25) is 0 Å². The monoisotopic (exact) mass is 317 g/mol. The van der Waals surface area contributed by atoms with E-state index in [1.807, 2.05) is 7.05 Å². The number of carbonyl (C=O) groups is 2. The Bertz CT molecular complexity index is 662. The van der Waals surface area contributed by atoms with E-state index < -0.39 is 0 Å². The lowest BCUT2D eigenvalue weighted by Crippen LogP contribution is -3.08. The molecule has 1 aromatic carbocycles. The molecule has 0 aliphatic carbocycles. The van der Waals surface area contributed by atoms with E-state index in [0.717, 1.165) is 17.1 Å². The zero-order chi connectivity index (χ0) is 16.1. The summed E-state index contributed by atoms with van der Waals surface area (Å²) in [6.07, 6.45) is 0. The SMILES string of the molecule is CC(=O)c1ccc(NC(=O)C[NH+](C)Cc2sccc2C)cc1. The maximum atomic E-state index is 12.1. The molecule has 2 rings (SSSR count). The molecule has 4 nitrogen and oxygen atoms in total. The zero-order valence-electron chi connectivity index (χ0n) is 13.1. The highest BCUT2D eigenvalue weighted by molar-refractivity contribution is 7.10. The number of quaternary nitrogens is 1. The molecule has 0 saturated heterocycles. The van der Waals surface area contributed by atoms with Crippen LogP contribution in [0.2, 0.25) is 0 Å². The number of rotatable bonds is 6.